The maximum atomic E-state index is 5.58. The zero-order chi connectivity index (χ0) is 68.4. The van der Waals surface area contributed by atoms with Crippen molar-refractivity contribution >= 4 is 0 Å². The summed E-state index contributed by atoms with van der Waals surface area (Å²) in [5, 5.41) is 3.42. The molecule has 22 fully saturated rings. The van der Waals surface area contributed by atoms with Gasteiger partial charge in [-0.2, -0.15) is 0 Å². The summed E-state index contributed by atoms with van der Waals surface area (Å²) in [7, 11) is 24.2. The van der Waals surface area contributed by atoms with Gasteiger partial charge >= 0.3 is 0 Å². The maximum absolute atomic E-state index is 5.58. The lowest BCUT2D eigenvalue weighted by Crippen LogP contribution is -2.51. The Balaban J connectivity index is 0.000000119. The molecular weight excluding hydrogens is 1250 g/mol. The van der Waals surface area contributed by atoms with Crippen LogP contribution in [-0.2, 0) is 33.2 Å². The first-order valence-corrected chi connectivity index (χ1v) is 40.8. The molecule has 3 saturated carbocycles. The standard InChI is InChI=1S/C9H17N.2C8H15NO.C7H14N2.C7H13NO2.2C7H13NO.2C7H13N.C6H11NO.C6H11N.2CH4/c1-10-6-8-4-2-3-5-9(8)7-10;1-9-5-2-8(3-6-9)4-7-10-8;1-9-4-2-8(3-5-9)6-10-7-8;1-9-4-6-2-8-3-7(6)5-9;1-8-4-6-7(5-8)10-3-2-9-6;1-8-2-6-4-9-5-7(6)3-8;1-8-3-2-7(4-8)5-9-6-7;1-8-4-6-2-3-7(6)5-8;1-8-6-2-3-7(8)5-4-6;1-7-3-6-2-5(7)4-8-6;1-7-3-5-2-6(5)4-7;;/h8-9H,2-7H2,1H3;2*2-7H2,1H3;6-8H,2-5H2,1H3;6-7H,2-5H2,1H3;6-7H,2-5H2,1H3;2-6H2,1H3;2*6-7H,2-5H2,1H3;5-6H,2-4H2,1H3;5-6H,2-4H2,1H3;2*1H4. The van der Waals surface area contributed by atoms with E-state index in [-0.39, 0.29) is 14.9 Å². The van der Waals surface area contributed by atoms with Crippen molar-refractivity contribution in [1.82, 2.24) is 59.2 Å². The fourth-order valence-electron chi connectivity index (χ4n) is 21.1. The lowest BCUT2D eigenvalue weighted by molar-refractivity contribution is -0.171. The van der Waals surface area contributed by atoms with Gasteiger partial charge in [0.1, 0.15) is 0 Å². The van der Waals surface area contributed by atoms with Crippen LogP contribution in [0.25, 0.3) is 0 Å². The molecule has 14 unspecified atom stereocenters. The zero-order valence-corrected chi connectivity index (χ0v) is 64.7. The van der Waals surface area contributed by atoms with Crippen molar-refractivity contribution in [3.05, 3.63) is 0 Å². The van der Waals surface area contributed by atoms with E-state index in [0.717, 1.165) is 163 Å². The third-order valence-corrected chi connectivity index (χ3v) is 28.3. The molecule has 19 heterocycles. The van der Waals surface area contributed by atoms with Gasteiger partial charge in [0.25, 0.3) is 0 Å². The largest absolute Gasteiger partial charge is 0.381 e. The van der Waals surface area contributed by atoms with Gasteiger partial charge in [-0.15, -0.1) is 0 Å². The van der Waals surface area contributed by atoms with E-state index in [9.17, 15) is 0 Å². The van der Waals surface area contributed by atoms with Crippen molar-refractivity contribution in [2.24, 2.45) is 70.0 Å². The summed E-state index contributed by atoms with van der Waals surface area (Å²) in [5.41, 5.74) is 1.55. The van der Waals surface area contributed by atoms with Gasteiger partial charge in [0, 0.05) is 146 Å². The van der Waals surface area contributed by atoms with Crippen LogP contribution in [0.1, 0.15) is 130 Å². The molecule has 1 N–H and O–H groups in total. The lowest BCUT2D eigenvalue weighted by atomic mass is 9.77. The Morgan fingerprint density at radius 3 is 1.06 bits per heavy atom. The van der Waals surface area contributed by atoms with Crippen LogP contribution in [-0.4, -0.2) is 377 Å². The molecule has 0 amide bonds. The third-order valence-electron chi connectivity index (χ3n) is 28.3. The average Bonchev–Trinajstić information content (AvgIpc) is 1.24. The van der Waals surface area contributed by atoms with E-state index in [1.54, 1.807) is 0 Å². The van der Waals surface area contributed by atoms with Gasteiger partial charge in [0.15, 0.2) is 0 Å². The Morgan fingerprint density at radius 1 is 0.330 bits per heavy atom. The number of hydrogen-bond acceptors (Lipinski definition) is 19. The molecule has 0 aromatic carbocycles. The van der Waals surface area contributed by atoms with Gasteiger partial charge < -0.3 is 87.5 Å². The number of morpholine rings is 1. The van der Waals surface area contributed by atoms with Crippen LogP contribution < -0.4 is 5.32 Å². The normalized spacial score (nSPS) is 40.1. The van der Waals surface area contributed by atoms with Crippen LogP contribution >= 0.6 is 0 Å². The number of rotatable bonds is 0. The fraction of sp³-hybridized carbons (Fsp3) is 1.00. The van der Waals surface area contributed by atoms with E-state index < -0.39 is 0 Å². The van der Waals surface area contributed by atoms with Crippen molar-refractivity contribution in [2.75, 3.05) is 281 Å². The first kappa shape index (κ1) is 81.8. The number of fused-ring (bicyclic) bond motifs is 10. The SMILES string of the molecule is C.C.CN1C2CCC1CC2.CN1CC2CC1CO2.CN1CC2CC2C1.CN1CC2CCC2C1.CN1CC2CCCCC2C1.CN1CC2CNCC2C1.CN1CC2COCC2C1.CN1CC2OCCOC2C1.CN1CCC2(CC1)COC2.CN1CCC2(CCO2)CC1.CN1CCC2(COC2)C1. The van der Waals surface area contributed by atoms with Crippen molar-refractivity contribution in [3.8, 4) is 0 Å². The Labute approximate surface area is 613 Å². The van der Waals surface area contributed by atoms with Crippen LogP contribution in [0.2, 0.25) is 0 Å². The van der Waals surface area contributed by atoms with Crippen molar-refractivity contribution in [2.45, 2.75) is 172 Å². The molecule has 0 aromatic heterocycles. The molecule has 19 aliphatic heterocycles. The molecule has 19 nitrogen and oxygen atoms in total. The highest BCUT2D eigenvalue weighted by molar-refractivity contribution is 4.98. The predicted octanol–water partition coefficient (Wildman–Crippen LogP) is 7.48. The maximum Gasteiger partial charge on any atom is 0.0976 e. The summed E-state index contributed by atoms with van der Waals surface area (Å²) >= 11 is 0. The van der Waals surface area contributed by atoms with Crippen molar-refractivity contribution < 1.29 is 33.2 Å². The summed E-state index contributed by atoms with van der Waals surface area (Å²) in [6.45, 7) is 36.3. The second kappa shape index (κ2) is 38.5. The molecule has 19 heteroatoms. The Bertz CT molecular complexity index is 2140. The number of ether oxygens (including phenoxy) is 7. The minimum absolute atomic E-state index is 0. The molecule has 14 atom stereocenters. The van der Waals surface area contributed by atoms with E-state index in [1.165, 1.54) is 233 Å². The van der Waals surface area contributed by atoms with Gasteiger partial charge in [-0.3, -0.25) is 4.90 Å². The molecule has 582 valence electrons. The summed E-state index contributed by atoms with van der Waals surface area (Å²) in [6.07, 6.45) is 26.9. The highest BCUT2D eigenvalue weighted by atomic mass is 16.6. The number of likely N-dealkylation sites (N-methyl/N-ethyl adjacent to an activating group) is 2. The summed E-state index contributed by atoms with van der Waals surface area (Å²) in [6, 6.07) is 2.69. The minimum Gasteiger partial charge on any atom is -0.381 e. The monoisotopic (exact) mass is 1410 g/mol. The molecular formula is C81H156N12O7. The average molecular weight is 1410 g/mol. The molecule has 100 heavy (non-hydrogen) atoms. The molecule has 0 aromatic rings. The van der Waals surface area contributed by atoms with Gasteiger partial charge in [-0.1, -0.05) is 27.7 Å². The molecule has 22 aliphatic rings. The quantitative estimate of drug-likeness (QED) is 0.259. The van der Waals surface area contributed by atoms with Crippen molar-refractivity contribution in [1.29, 1.82) is 0 Å². The van der Waals surface area contributed by atoms with Crippen molar-refractivity contribution in [3.63, 3.8) is 0 Å². The first-order valence-electron chi connectivity index (χ1n) is 40.8. The Hall–Kier alpha value is -0.760. The Morgan fingerprint density at radius 2 is 0.740 bits per heavy atom. The molecule has 3 spiro atoms. The lowest BCUT2D eigenvalue weighted by Gasteiger charge is -2.46. The summed E-state index contributed by atoms with van der Waals surface area (Å²) < 4.78 is 37.7. The Kier molecular flexibility index (Phi) is 31.5. The van der Waals surface area contributed by atoms with E-state index in [4.69, 9.17) is 33.2 Å². The topological polar surface area (TPSA) is 112 Å². The predicted molar refractivity (Wildman–Crippen MR) is 409 cm³/mol. The zero-order valence-electron chi connectivity index (χ0n) is 64.7. The number of likely N-dealkylation sites (tertiary alicyclic amines) is 10. The van der Waals surface area contributed by atoms with E-state index in [1.807, 2.05) is 0 Å². The minimum atomic E-state index is 0. The summed E-state index contributed by atoms with van der Waals surface area (Å²) in [4.78, 5) is 26.6. The van der Waals surface area contributed by atoms with Crippen LogP contribution in [0.3, 0.4) is 0 Å². The molecule has 22 rings (SSSR count). The van der Waals surface area contributed by atoms with Crippen LogP contribution in [0.4, 0.5) is 0 Å². The van der Waals surface area contributed by atoms with Crippen LogP contribution in [0.5, 0.6) is 0 Å². The number of hydrogen-bond donors (Lipinski definition) is 1. The van der Waals surface area contributed by atoms with Gasteiger partial charge in [-0.25, -0.2) is 0 Å². The highest BCUT2D eigenvalue weighted by Crippen LogP contribution is 2.45. The van der Waals surface area contributed by atoms with E-state index in [2.05, 4.69) is 137 Å². The van der Waals surface area contributed by atoms with E-state index in [0.29, 0.717) is 34.7 Å². The van der Waals surface area contributed by atoms with Crippen LogP contribution in [0.15, 0.2) is 0 Å². The molecule has 3 aliphatic carbocycles. The molecule has 19 saturated heterocycles. The smallest absolute Gasteiger partial charge is 0.0976 e. The number of nitrogens with one attached hydrogen (secondary N) is 1. The highest BCUT2D eigenvalue weighted by Gasteiger charge is 2.46. The second-order valence-electron chi connectivity index (χ2n) is 36.8. The molecule has 0 radical (unpaired) electrons. The van der Waals surface area contributed by atoms with Gasteiger partial charge in [0.05, 0.1) is 90.0 Å². The van der Waals surface area contributed by atoms with Gasteiger partial charge in [0.2, 0.25) is 0 Å². The number of piperidine rings is 3. The van der Waals surface area contributed by atoms with E-state index >= 15 is 0 Å². The summed E-state index contributed by atoms with van der Waals surface area (Å²) in [5.74, 6) is 10.2. The number of nitrogens with zero attached hydrogens (tertiary/aromatic N) is 11. The van der Waals surface area contributed by atoms with Gasteiger partial charge in [-0.05, 0) is 260 Å². The molecule has 4 bridgehead atoms. The third kappa shape index (κ3) is 22.9. The second-order valence-corrected chi connectivity index (χ2v) is 36.8. The van der Waals surface area contributed by atoms with Crippen LogP contribution in [0, 0.1) is 70.0 Å². The fourth-order valence-corrected chi connectivity index (χ4v) is 21.1. The first-order chi connectivity index (χ1) is 47.3.